The molecule has 0 unspecified atom stereocenters. The van der Waals surface area contributed by atoms with Crippen LogP contribution in [0.15, 0.2) is 122 Å². The van der Waals surface area contributed by atoms with Crippen LogP contribution in [0.5, 0.6) is 0 Å². The number of nitrogens with zero attached hydrogens (tertiary/aromatic N) is 2. The van der Waals surface area contributed by atoms with Crippen LogP contribution in [-0.4, -0.2) is 9.13 Å². The van der Waals surface area contributed by atoms with Crippen molar-refractivity contribution in [3.63, 3.8) is 0 Å². The zero-order chi connectivity index (χ0) is 18.8. The first-order valence-corrected chi connectivity index (χ1v) is 9.44. The fourth-order valence-corrected chi connectivity index (χ4v) is 3.58. The van der Waals surface area contributed by atoms with Gasteiger partial charge < -0.3 is 9.13 Å². The van der Waals surface area contributed by atoms with Gasteiger partial charge in [0.2, 0.25) is 0 Å². The molecule has 6 aromatic rings. The van der Waals surface area contributed by atoms with E-state index in [9.17, 15) is 0 Å². The number of fused-ring (bicyclic) bond motifs is 2. The van der Waals surface area contributed by atoms with Gasteiger partial charge in [-0.2, -0.15) is 0 Å². The van der Waals surface area contributed by atoms with Crippen LogP contribution >= 0.6 is 0 Å². The molecule has 0 radical (unpaired) electrons. The third-order valence-electron chi connectivity index (χ3n) is 5.01. The Hall–Kier alpha value is -2.90. The Bertz CT molecular complexity index is 1130. The van der Waals surface area contributed by atoms with Gasteiger partial charge in [0.25, 0.3) is 0 Å². The summed E-state index contributed by atoms with van der Waals surface area (Å²) in [6.45, 7) is 0. The molecule has 4 aromatic carbocycles. The second-order valence-electron chi connectivity index (χ2n) is 6.87. The van der Waals surface area contributed by atoms with E-state index < -0.39 is 0 Å². The molecule has 3 heteroatoms. The Morgan fingerprint density at radius 2 is 0.862 bits per heavy atom. The molecule has 0 saturated carbocycles. The summed E-state index contributed by atoms with van der Waals surface area (Å²) in [6.07, 6.45) is 8.25. The van der Waals surface area contributed by atoms with Gasteiger partial charge in [0.1, 0.15) is 0 Å². The van der Waals surface area contributed by atoms with Crippen LogP contribution in [0.25, 0.3) is 32.9 Å². The van der Waals surface area contributed by atoms with Crippen molar-refractivity contribution in [3.05, 3.63) is 122 Å². The largest absolute Gasteiger partial charge is 2.00 e. The minimum Gasteiger partial charge on any atom is -0.342 e. The van der Waals surface area contributed by atoms with Crippen molar-refractivity contribution in [1.29, 1.82) is 0 Å². The second kappa shape index (κ2) is 8.63. The maximum Gasteiger partial charge on any atom is 2.00 e. The Labute approximate surface area is 189 Å². The van der Waals surface area contributed by atoms with Gasteiger partial charge in [0.15, 0.2) is 0 Å². The number of benzene rings is 2. The molecule has 0 saturated heterocycles. The summed E-state index contributed by atoms with van der Waals surface area (Å²) in [5, 5.41) is 5.21. The van der Waals surface area contributed by atoms with Crippen LogP contribution in [0, 0.1) is 0 Å². The van der Waals surface area contributed by atoms with E-state index in [-0.39, 0.29) is 26.2 Å². The van der Waals surface area contributed by atoms with Crippen LogP contribution in [0.1, 0.15) is 0 Å². The van der Waals surface area contributed by atoms with Crippen LogP contribution in [0.3, 0.4) is 0 Å². The zero-order valence-corrected chi connectivity index (χ0v) is 18.4. The molecule has 0 aliphatic carbocycles. The van der Waals surface area contributed by atoms with Crippen molar-refractivity contribution in [1.82, 2.24) is 9.13 Å². The molecule has 0 fully saturated rings. The van der Waals surface area contributed by atoms with Gasteiger partial charge in [-0.25, -0.2) is 0 Å². The van der Waals surface area contributed by atoms with Crippen LogP contribution in [0.2, 0.25) is 0 Å². The first-order valence-electron chi connectivity index (χ1n) is 9.44. The zero-order valence-electron chi connectivity index (χ0n) is 15.9. The van der Waals surface area contributed by atoms with Crippen molar-refractivity contribution >= 4 is 21.5 Å². The van der Waals surface area contributed by atoms with E-state index in [1.165, 1.54) is 32.9 Å². The summed E-state index contributed by atoms with van der Waals surface area (Å²) in [5.74, 6) is 0. The van der Waals surface area contributed by atoms with Gasteiger partial charge in [0.05, 0.1) is 0 Å². The van der Waals surface area contributed by atoms with E-state index in [4.69, 9.17) is 0 Å². The monoisotopic (exact) mass is 450 g/mol. The van der Waals surface area contributed by atoms with E-state index in [1.54, 1.807) is 0 Å². The molecule has 2 aromatic heterocycles. The maximum absolute atomic E-state index is 2.20. The van der Waals surface area contributed by atoms with Crippen LogP contribution < -0.4 is 0 Å². The minimum atomic E-state index is 0. The average Bonchev–Trinajstić information content (AvgIpc) is 3.54. The summed E-state index contributed by atoms with van der Waals surface area (Å²) in [5.41, 5.74) is 2.47. The SMILES string of the molecule is [Zr+2].c1ccc2[cH-]c(-n3cccc3)cc2c1.c1ccc2[cH-]c(-n3cccc3)cc2c1. The third kappa shape index (κ3) is 4.11. The van der Waals surface area contributed by atoms with E-state index in [0.717, 1.165) is 0 Å². The summed E-state index contributed by atoms with van der Waals surface area (Å²) in [4.78, 5) is 0. The van der Waals surface area contributed by atoms with Crippen molar-refractivity contribution in [2.24, 2.45) is 0 Å². The molecule has 29 heavy (non-hydrogen) atoms. The normalized spacial score (nSPS) is 10.5. The van der Waals surface area contributed by atoms with Crippen LogP contribution in [-0.2, 0) is 26.2 Å². The molecule has 0 bridgehead atoms. The molecule has 0 spiro atoms. The molecular formula is C26H20N2Zr. The molecule has 0 N–H and O–H groups in total. The van der Waals surface area contributed by atoms with Crippen molar-refractivity contribution in [2.75, 3.05) is 0 Å². The fraction of sp³-hybridized carbons (Fsp3) is 0. The first kappa shape index (κ1) is 19.4. The first-order chi connectivity index (χ1) is 13.9. The third-order valence-corrected chi connectivity index (χ3v) is 5.01. The quantitative estimate of drug-likeness (QED) is 0.259. The van der Waals surface area contributed by atoms with Crippen LogP contribution in [0.4, 0.5) is 0 Å². The van der Waals surface area contributed by atoms with Crippen molar-refractivity contribution in [2.45, 2.75) is 0 Å². The summed E-state index contributed by atoms with van der Waals surface area (Å²) >= 11 is 0. The Balaban J connectivity index is 0.000000137. The van der Waals surface area contributed by atoms with E-state index in [1.807, 2.05) is 24.3 Å². The Morgan fingerprint density at radius 1 is 0.483 bits per heavy atom. The summed E-state index contributed by atoms with van der Waals surface area (Å²) in [7, 11) is 0. The van der Waals surface area contributed by atoms with E-state index in [2.05, 4.69) is 107 Å². The maximum atomic E-state index is 2.20. The topological polar surface area (TPSA) is 9.86 Å². The standard InChI is InChI=1S/2C13H10N.Zr/c2*1-2-6-12-10-13(9-11(12)5-1)14-7-3-4-8-14;/h2*1-10H;/q2*-1;+2. The van der Waals surface area contributed by atoms with Gasteiger partial charge in [-0.05, 0) is 35.6 Å². The van der Waals surface area contributed by atoms with Crippen molar-refractivity contribution in [3.8, 4) is 11.4 Å². The summed E-state index contributed by atoms with van der Waals surface area (Å²) in [6, 6.07) is 33.8. The molecular weight excluding hydrogens is 432 g/mol. The molecule has 138 valence electrons. The molecule has 0 amide bonds. The minimum absolute atomic E-state index is 0. The van der Waals surface area contributed by atoms with E-state index >= 15 is 0 Å². The van der Waals surface area contributed by atoms with Gasteiger partial charge in [-0.3, -0.25) is 0 Å². The Kier molecular flexibility index (Phi) is 5.78. The molecule has 0 aliphatic heterocycles. The molecule has 0 aliphatic rings. The molecule has 2 nitrogen and oxygen atoms in total. The van der Waals surface area contributed by atoms with Gasteiger partial charge >= 0.3 is 26.2 Å². The molecule has 0 atom stereocenters. The smallest absolute Gasteiger partial charge is 0.342 e. The van der Waals surface area contributed by atoms with Gasteiger partial charge in [0, 0.05) is 24.8 Å². The summed E-state index contributed by atoms with van der Waals surface area (Å²) < 4.78 is 4.25. The number of rotatable bonds is 2. The van der Waals surface area contributed by atoms with Gasteiger partial charge in [-0.15, -0.1) is 82.2 Å². The van der Waals surface area contributed by atoms with E-state index in [0.29, 0.717) is 0 Å². The predicted octanol–water partition coefficient (Wildman–Crippen LogP) is 6.70. The molecule has 6 rings (SSSR count). The predicted molar refractivity (Wildman–Crippen MR) is 118 cm³/mol. The number of aromatic nitrogens is 2. The number of hydrogen-bond donors (Lipinski definition) is 0. The number of hydrogen-bond acceptors (Lipinski definition) is 0. The molecule has 2 heterocycles. The fourth-order valence-electron chi connectivity index (χ4n) is 3.58. The second-order valence-corrected chi connectivity index (χ2v) is 6.87. The van der Waals surface area contributed by atoms with Crippen molar-refractivity contribution < 1.29 is 26.2 Å². The Morgan fingerprint density at radius 3 is 1.24 bits per heavy atom. The average molecular weight is 452 g/mol. The van der Waals surface area contributed by atoms with Gasteiger partial charge in [-0.1, -0.05) is 12.1 Å².